The van der Waals surface area contributed by atoms with E-state index in [1.54, 1.807) is 18.2 Å². The summed E-state index contributed by atoms with van der Waals surface area (Å²) in [4.78, 5) is 4.56. The van der Waals surface area contributed by atoms with E-state index >= 15 is 0 Å². The number of pyridine rings is 1. The molecule has 0 spiro atoms. The fourth-order valence-corrected chi connectivity index (χ4v) is 2.70. The SMILES string of the molecule is CC(C)(C)Nc1nc(-c2ccc(F)cc2F)cc2cc(Cl)ccc12. The number of hydrogen-bond donors (Lipinski definition) is 1. The lowest BCUT2D eigenvalue weighted by molar-refractivity contribution is 0.585. The summed E-state index contributed by atoms with van der Waals surface area (Å²) >= 11 is 6.09. The van der Waals surface area contributed by atoms with Gasteiger partial charge in [0, 0.05) is 27.6 Å². The lowest BCUT2D eigenvalue weighted by Gasteiger charge is -2.23. The van der Waals surface area contributed by atoms with Crippen LogP contribution in [0.25, 0.3) is 22.0 Å². The first-order valence-corrected chi connectivity index (χ1v) is 7.95. The van der Waals surface area contributed by atoms with Crippen LogP contribution in [0.15, 0.2) is 42.5 Å². The van der Waals surface area contributed by atoms with Crippen LogP contribution in [0.2, 0.25) is 5.02 Å². The van der Waals surface area contributed by atoms with Crippen molar-refractivity contribution >= 4 is 28.2 Å². The zero-order chi connectivity index (χ0) is 17.5. The molecule has 0 amide bonds. The second kappa shape index (κ2) is 6.02. The smallest absolute Gasteiger partial charge is 0.135 e. The Morgan fingerprint density at radius 1 is 1.00 bits per heavy atom. The molecule has 1 N–H and O–H groups in total. The van der Waals surface area contributed by atoms with E-state index in [9.17, 15) is 8.78 Å². The van der Waals surface area contributed by atoms with Crippen LogP contribution >= 0.6 is 11.6 Å². The molecule has 3 aromatic rings. The topological polar surface area (TPSA) is 24.9 Å². The fourth-order valence-electron chi connectivity index (χ4n) is 2.51. The zero-order valence-corrected chi connectivity index (χ0v) is 14.4. The first kappa shape index (κ1) is 16.7. The van der Waals surface area contributed by atoms with Gasteiger partial charge < -0.3 is 5.32 Å². The van der Waals surface area contributed by atoms with E-state index in [2.05, 4.69) is 10.3 Å². The Morgan fingerprint density at radius 2 is 1.75 bits per heavy atom. The Kier molecular flexibility index (Phi) is 4.18. The monoisotopic (exact) mass is 346 g/mol. The molecule has 5 heteroatoms. The molecule has 2 nitrogen and oxygen atoms in total. The van der Waals surface area contributed by atoms with Crippen molar-refractivity contribution in [3.8, 4) is 11.3 Å². The molecular weight excluding hydrogens is 330 g/mol. The molecule has 0 aliphatic carbocycles. The third-order valence-electron chi connectivity index (χ3n) is 3.49. The average molecular weight is 347 g/mol. The van der Waals surface area contributed by atoms with Crippen molar-refractivity contribution in [1.82, 2.24) is 4.98 Å². The Morgan fingerprint density at radius 3 is 2.42 bits per heavy atom. The molecule has 0 bridgehead atoms. The highest BCUT2D eigenvalue weighted by molar-refractivity contribution is 6.31. The van der Waals surface area contributed by atoms with Crippen molar-refractivity contribution in [3.63, 3.8) is 0 Å². The Hall–Kier alpha value is -2.20. The molecular formula is C19H17ClF2N2. The van der Waals surface area contributed by atoms with Gasteiger partial charge in [0.15, 0.2) is 0 Å². The van der Waals surface area contributed by atoms with Gasteiger partial charge in [0.1, 0.15) is 17.5 Å². The molecule has 0 fully saturated rings. The summed E-state index contributed by atoms with van der Waals surface area (Å²) in [5.74, 6) is -0.630. The second-order valence-corrected chi connectivity index (χ2v) is 7.16. The molecule has 0 saturated heterocycles. The summed E-state index contributed by atoms with van der Waals surface area (Å²) in [5.41, 5.74) is 0.448. The minimum atomic E-state index is -0.648. The van der Waals surface area contributed by atoms with Gasteiger partial charge in [0.05, 0.1) is 5.69 Å². The first-order chi connectivity index (χ1) is 11.2. The van der Waals surface area contributed by atoms with Crippen molar-refractivity contribution in [2.75, 3.05) is 5.32 Å². The summed E-state index contributed by atoms with van der Waals surface area (Å²) in [6.45, 7) is 6.05. The van der Waals surface area contributed by atoms with Crippen molar-refractivity contribution in [1.29, 1.82) is 0 Å². The summed E-state index contributed by atoms with van der Waals surface area (Å²) in [5, 5.41) is 5.64. The molecule has 0 unspecified atom stereocenters. The normalized spacial score (nSPS) is 11.8. The number of anilines is 1. The highest BCUT2D eigenvalue weighted by Crippen LogP contribution is 2.32. The lowest BCUT2D eigenvalue weighted by atomic mass is 10.0. The van der Waals surface area contributed by atoms with Crippen LogP contribution < -0.4 is 5.32 Å². The Balaban J connectivity index is 2.25. The largest absolute Gasteiger partial charge is 0.365 e. The quantitative estimate of drug-likeness (QED) is 0.611. The van der Waals surface area contributed by atoms with Gasteiger partial charge in [0.25, 0.3) is 0 Å². The van der Waals surface area contributed by atoms with Crippen LogP contribution in [0.4, 0.5) is 14.6 Å². The maximum absolute atomic E-state index is 14.2. The minimum Gasteiger partial charge on any atom is -0.365 e. The van der Waals surface area contributed by atoms with Crippen LogP contribution in [0, 0.1) is 11.6 Å². The summed E-state index contributed by atoms with van der Waals surface area (Å²) < 4.78 is 27.3. The van der Waals surface area contributed by atoms with E-state index in [1.807, 2.05) is 26.8 Å². The number of benzene rings is 2. The van der Waals surface area contributed by atoms with Gasteiger partial charge in [-0.2, -0.15) is 0 Å². The zero-order valence-electron chi connectivity index (χ0n) is 13.6. The highest BCUT2D eigenvalue weighted by Gasteiger charge is 2.16. The molecule has 3 rings (SSSR count). The minimum absolute atomic E-state index is 0.223. The van der Waals surface area contributed by atoms with E-state index in [-0.39, 0.29) is 11.1 Å². The second-order valence-electron chi connectivity index (χ2n) is 6.72. The molecule has 0 radical (unpaired) electrons. The van der Waals surface area contributed by atoms with E-state index in [4.69, 9.17) is 11.6 Å². The van der Waals surface area contributed by atoms with Crippen LogP contribution in [0.1, 0.15) is 20.8 Å². The van der Waals surface area contributed by atoms with Crippen molar-refractivity contribution in [2.45, 2.75) is 26.3 Å². The van der Waals surface area contributed by atoms with Crippen molar-refractivity contribution in [3.05, 3.63) is 59.1 Å². The van der Waals surface area contributed by atoms with Crippen LogP contribution in [0.3, 0.4) is 0 Å². The number of nitrogens with zero attached hydrogens (tertiary/aromatic N) is 1. The third-order valence-corrected chi connectivity index (χ3v) is 3.73. The van der Waals surface area contributed by atoms with Gasteiger partial charge in [0.2, 0.25) is 0 Å². The Bertz CT molecular complexity index is 917. The van der Waals surface area contributed by atoms with E-state index in [0.29, 0.717) is 16.5 Å². The van der Waals surface area contributed by atoms with Crippen LogP contribution in [0.5, 0.6) is 0 Å². The maximum atomic E-state index is 14.2. The predicted molar refractivity (Wildman–Crippen MR) is 95.5 cm³/mol. The first-order valence-electron chi connectivity index (χ1n) is 7.57. The summed E-state index contributed by atoms with van der Waals surface area (Å²) in [6, 6.07) is 10.7. The third kappa shape index (κ3) is 3.49. The molecule has 0 atom stereocenters. The average Bonchev–Trinajstić information content (AvgIpc) is 2.44. The Labute approximate surface area is 144 Å². The van der Waals surface area contributed by atoms with E-state index in [0.717, 1.165) is 16.8 Å². The van der Waals surface area contributed by atoms with Gasteiger partial charge in [-0.15, -0.1) is 0 Å². The number of halogens is 3. The molecule has 1 heterocycles. The molecule has 1 aromatic heterocycles. The van der Waals surface area contributed by atoms with Crippen LogP contribution in [-0.2, 0) is 0 Å². The summed E-state index contributed by atoms with van der Waals surface area (Å²) in [7, 11) is 0. The van der Waals surface area contributed by atoms with Gasteiger partial charge in [-0.3, -0.25) is 0 Å². The van der Waals surface area contributed by atoms with E-state index in [1.165, 1.54) is 12.1 Å². The number of hydrogen-bond acceptors (Lipinski definition) is 2. The molecule has 0 saturated carbocycles. The van der Waals surface area contributed by atoms with Crippen LogP contribution in [-0.4, -0.2) is 10.5 Å². The lowest BCUT2D eigenvalue weighted by Crippen LogP contribution is -2.26. The fraction of sp³-hybridized carbons (Fsp3) is 0.211. The highest BCUT2D eigenvalue weighted by atomic mass is 35.5. The maximum Gasteiger partial charge on any atom is 0.135 e. The molecule has 0 aliphatic heterocycles. The van der Waals surface area contributed by atoms with Gasteiger partial charge >= 0.3 is 0 Å². The van der Waals surface area contributed by atoms with Gasteiger partial charge in [-0.25, -0.2) is 13.8 Å². The predicted octanol–water partition coefficient (Wildman–Crippen LogP) is 6.04. The van der Waals surface area contributed by atoms with Crippen molar-refractivity contribution < 1.29 is 8.78 Å². The number of rotatable bonds is 2. The van der Waals surface area contributed by atoms with Gasteiger partial charge in [-0.05, 0) is 62.6 Å². The van der Waals surface area contributed by atoms with Crippen molar-refractivity contribution in [2.24, 2.45) is 0 Å². The summed E-state index contributed by atoms with van der Waals surface area (Å²) in [6.07, 6.45) is 0. The molecule has 0 aliphatic rings. The molecule has 24 heavy (non-hydrogen) atoms. The standard InChI is InChI=1S/C19H17ClF2N2/c1-19(2,3)24-18-14-6-4-12(20)8-11(14)9-17(23-18)15-7-5-13(21)10-16(15)22/h4-10H,1-3H3,(H,23,24). The van der Waals surface area contributed by atoms with E-state index < -0.39 is 11.6 Å². The number of fused-ring (bicyclic) bond motifs is 1. The number of nitrogens with one attached hydrogen (secondary N) is 1. The molecule has 2 aromatic carbocycles. The number of aromatic nitrogens is 1. The molecule has 124 valence electrons. The van der Waals surface area contributed by atoms with Gasteiger partial charge in [-0.1, -0.05) is 11.6 Å².